The number of rotatable bonds is 4. The van der Waals surface area contributed by atoms with Gasteiger partial charge >= 0.3 is 0 Å². The highest BCUT2D eigenvalue weighted by Gasteiger charge is 2.35. The Bertz CT molecular complexity index is 696. The van der Waals surface area contributed by atoms with Crippen LogP contribution in [0.3, 0.4) is 0 Å². The van der Waals surface area contributed by atoms with E-state index in [0.717, 1.165) is 22.3 Å². The van der Waals surface area contributed by atoms with Gasteiger partial charge in [-0.25, -0.2) is 0 Å². The van der Waals surface area contributed by atoms with E-state index in [0.29, 0.717) is 5.88 Å². The van der Waals surface area contributed by atoms with Gasteiger partial charge in [-0.1, -0.05) is 84.9 Å². The lowest BCUT2D eigenvalue weighted by Gasteiger charge is -2.30. The highest BCUT2D eigenvalue weighted by atomic mass is 35.5. The zero-order valence-electron chi connectivity index (χ0n) is 12.0. The van der Waals surface area contributed by atoms with Gasteiger partial charge in [-0.3, -0.25) is 0 Å². The summed E-state index contributed by atoms with van der Waals surface area (Å²) in [7, 11) is 0. The molecular formula is C20H16Cl2. The van der Waals surface area contributed by atoms with Crippen LogP contribution < -0.4 is 0 Å². The van der Waals surface area contributed by atoms with Crippen LogP contribution in [0.2, 0.25) is 0 Å². The summed E-state index contributed by atoms with van der Waals surface area (Å²) in [6.45, 7) is 0. The van der Waals surface area contributed by atoms with Crippen molar-refractivity contribution in [1.29, 1.82) is 0 Å². The van der Waals surface area contributed by atoms with Crippen molar-refractivity contribution in [2.75, 3.05) is 0 Å². The molecule has 0 fully saturated rings. The molecule has 0 heterocycles. The normalized spacial score (nSPS) is 11.4. The molecule has 0 unspecified atom stereocenters. The molecule has 0 saturated heterocycles. The van der Waals surface area contributed by atoms with Crippen molar-refractivity contribution in [1.82, 2.24) is 0 Å². The Hall–Kier alpha value is -1.76. The van der Waals surface area contributed by atoms with Crippen molar-refractivity contribution in [2.45, 2.75) is 10.8 Å². The molecule has 3 aromatic rings. The first kappa shape index (κ1) is 15.1. The summed E-state index contributed by atoms with van der Waals surface area (Å²) in [5.41, 5.74) is 4.16. The first-order chi connectivity index (χ1) is 10.8. The van der Waals surface area contributed by atoms with Gasteiger partial charge in [0.05, 0.1) is 0 Å². The molecule has 2 heteroatoms. The summed E-state index contributed by atoms with van der Waals surface area (Å²) < 4.78 is 0. The van der Waals surface area contributed by atoms with Gasteiger partial charge < -0.3 is 0 Å². The Morgan fingerprint density at radius 3 is 1.59 bits per heavy atom. The smallest absolute Gasteiger partial charge is 0.120 e. The fourth-order valence-corrected chi connectivity index (χ4v) is 3.46. The second-order valence-corrected chi connectivity index (χ2v) is 6.02. The van der Waals surface area contributed by atoms with Crippen molar-refractivity contribution < 1.29 is 0 Å². The van der Waals surface area contributed by atoms with E-state index in [1.165, 1.54) is 0 Å². The van der Waals surface area contributed by atoms with Gasteiger partial charge in [-0.2, -0.15) is 0 Å². The lowest BCUT2D eigenvalue weighted by molar-refractivity contribution is 0.866. The second-order valence-electron chi connectivity index (χ2n) is 5.18. The molecule has 0 bridgehead atoms. The van der Waals surface area contributed by atoms with Crippen LogP contribution in [0.4, 0.5) is 0 Å². The highest BCUT2D eigenvalue weighted by molar-refractivity contribution is 6.28. The first-order valence-corrected chi connectivity index (χ1v) is 8.12. The largest absolute Gasteiger partial charge is 0.122 e. The van der Waals surface area contributed by atoms with Crippen LogP contribution in [0, 0.1) is 0 Å². The van der Waals surface area contributed by atoms with Crippen LogP contribution >= 0.6 is 23.2 Å². The quantitative estimate of drug-likeness (QED) is 0.410. The average molecular weight is 327 g/mol. The van der Waals surface area contributed by atoms with Gasteiger partial charge in [0.25, 0.3) is 0 Å². The number of benzene rings is 3. The zero-order chi connectivity index (χ0) is 15.4. The molecule has 0 aromatic heterocycles. The van der Waals surface area contributed by atoms with Gasteiger partial charge in [0.1, 0.15) is 4.87 Å². The van der Waals surface area contributed by atoms with E-state index in [-0.39, 0.29) is 0 Å². The van der Waals surface area contributed by atoms with E-state index in [9.17, 15) is 0 Å². The van der Waals surface area contributed by atoms with Gasteiger partial charge in [0, 0.05) is 5.88 Å². The first-order valence-electron chi connectivity index (χ1n) is 7.21. The van der Waals surface area contributed by atoms with Crippen LogP contribution in [0.5, 0.6) is 0 Å². The maximum atomic E-state index is 7.24. The lowest BCUT2D eigenvalue weighted by Crippen LogP contribution is -2.23. The van der Waals surface area contributed by atoms with E-state index in [2.05, 4.69) is 30.3 Å². The summed E-state index contributed by atoms with van der Waals surface area (Å²) in [5, 5.41) is 0. The van der Waals surface area contributed by atoms with Crippen molar-refractivity contribution >= 4 is 23.2 Å². The summed E-state index contributed by atoms with van der Waals surface area (Å²) in [6, 6.07) is 28.4. The monoisotopic (exact) mass is 326 g/mol. The summed E-state index contributed by atoms with van der Waals surface area (Å²) >= 11 is 13.4. The Kier molecular flexibility index (Phi) is 4.52. The minimum absolute atomic E-state index is 0.435. The molecule has 0 spiro atoms. The maximum absolute atomic E-state index is 7.24. The third kappa shape index (κ3) is 2.65. The maximum Gasteiger partial charge on any atom is 0.120 e. The minimum atomic E-state index is -0.742. The third-order valence-corrected chi connectivity index (χ3v) is 4.80. The zero-order valence-corrected chi connectivity index (χ0v) is 13.6. The van der Waals surface area contributed by atoms with Crippen LogP contribution in [0.1, 0.15) is 22.3 Å². The van der Waals surface area contributed by atoms with E-state index in [1.807, 2.05) is 54.6 Å². The van der Waals surface area contributed by atoms with Gasteiger partial charge in [0.15, 0.2) is 0 Å². The molecular weight excluding hydrogens is 311 g/mol. The van der Waals surface area contributed by atoms with Crippen LogP contribution in [0.15, 0.2) is 84.9 Å². The van der Waals surface area contributed by atoms with Crippen LogP contribution in [-0.2, 0) is 10.8 Å². The molecule has 0 N–H and O–H groups in total. The standard InChI is InChI=1S/C20H16Cl2/c21-15-16-9-7-8-14-19(16)20(22,17-10-3-1-4-11-17)18-12-5-2-6-13-18/h1-14H,15H2. The molecule has 0 aliphatic carbocycles. The summed E-state index contributed by atoms with van der Waals surface area (Å²) in [6.07, 6.45) is 0. The lowest BCUT2D eigenvalue weighted by atomic mass is 9.82. The molecule has 0 amide bonds. The van der Waals surface area contributed by atoms with Crippen molar-refractivity contribution in [2.24, 2.45) is 0 Å². The van der Waals surface area contributed by atoms with Crippen molar-refractivity contribution in [3.8, 4) is 0 Å². The van der Waals surface area contributed by atoms with E-state index in [4.69, 9.17) is 23.2 Å². The van der Waals surface area contributed by atoms with E-state index in [1.54, 1.807) is 0 Å². The topological polar surface area (TPSA) is 0 Å². The van der Waals surface area contributed by atoms with Crippen molar-refractivity contribution in [3.63, 3.8) is 0 Å². The predicted octanol–water partition coefficient (Wildman–Crippen LogP) is 5.96. The fourth-order valence-electron chi connectivity index (χ4n) is 2.79. The average Bonchev–Trinajstić information content (AvgIpc) is 2.62. The highest BCUT2D eigenvalue weighted by Crippen LogP contribution is 2.44. The van der Waals surface area contributed by atoms with Gasteiger partial charge in [0.2, 0.25) is 0 Å². The Morgan fingerprint density at radius 2 is 1.09 bits per heavy atom. The predicted molar refractivity (Wildman–Crippen MR) is 94.6 cm³/mol. The van der Waals surface area contributed by atoms with Gasteiger partial charge in [-0.05, 0) is 22.3 Å². The molecule has 0 aliphatic rings. The van der Waals surface area contributed by atoms with Crippen LogP contribution in [0.25, 0.3) is 0 Å². The molecule has 3 aromatic carbocycles. The number of halogens is 2. The molecule has 0 aliphatic heterocycles. The molecule has 0 saturated carbocycles. The Morgan fingerprint density at radius 1 is 0.636 bits per heavy atom. The summed E-state index contributed by atoms with van der Waals surface area (Å²) in [4.78, 5) is -0.742. The van der Waals surface area contributed by atoms with Crippen molar-refractivity contribution in [3.05, 3.63) is 107 Å². The van der Waals surface area contributed by atoms with E-state index >= 15 is 0 Å². The fraction of sp³-hybridized carbons (Fsp3) is 0.100. The third-order valence-electron chi connectivity index (χ3n) is 3.88. The van der Waals surface area contributed by atoms with Gasteiger partial charge in [-0.15, -0.1) is 23.2 Å². The Labute approximate surface area is 141 Å². The minimum Gasteiger partial charge on any atom is -0.122 e. The number of hydrogen-bond acceptors (Lipinski definition) is 0. The number of hydrogen-bond donors (Lipinski definition) is 0. The van der Waals surface area contributed by atoms with Crippen LogP contribution in [-0.4, -0.2) is 0 Å². The number of alkyl halides is 2. The Balaban J connectivity index is 2.29. The summed E-state index contributed by atoms with van der Waals surface area (Å²) in [5.74, 6) is 0.435. The molecule has 22 heavy (non-hydrogen) atoms. The SMILES string of the molecule is ClCc1ccccc1C(Cl)(c1ccccc1)c1ccccc1. The second kappa shape index (κ2) is 6.56. The molecule has 3 rings (SSSR count). The van der Waals surface area contributed by atoms with E-state index < -0.39 is 4.87 Å². The molecule has 0 radical (unpaired) electrons. The molecule has 0 nitrogen and oxygen atoms in total. The molecule has 0 atom stereocenters. The molecule has 110 valence electrons.